The number of nitrogens with zero attached hydrogens (tertiary/aromatic N) is 2. The number of likely N-dealkylation sites (tertiary alicyclic amines) is 1. The number of methoxy groups -OCH3 is 1. The smallest absolute Gasteiger partial charge is 0.270 e. The Bertz CT molecular complexity index is 1130. The van der Waals surface area contributed by atoms with E-state index < -0.39 is 0 Å². The number of likely N-dealkylation sites (N-methyl/N-ethyl adjacent to an activating group) is 1. The Kier molecular flexibility index (Phi) is 7.79. The molecule has 6 nitrogen and oxygen atoms in total. The first-order chi connectivity index (χ1) is 16.9. The largest absolute Gasteiger partial charge is 0.497 e. The lowest BCUT2D eigenvalue weighted by molar-refractivity contribution is -0.134. The Balaban J connectivity index is 1.47. The summed E-state index contributed by atoms with van der Waals surface area (Å²) in [5.74, 6) is 1.71. The van der Waals surface area contributed by atoms with Gasteiger partial charge in [-0.05, 0) is 60.9 Å². The third-order valence-corrected chi connectivity index (χ3v) is 7.18. The first kappa shape index (κ1) is 24.8. The Morgan fingerprint density at radius 2 is 1.83 bits per heavy atom. The molecular formula is C29H37N3O3. The van der Waals surface area contributed by atoms with Crippen LogP contribution in [0, 0.1) is 11.8 Å². The maximum absolute atomic E-state index is 13.2. The molecule has 2 heterocycles. The Morgan fingerprint density at radius 3 is 2.51 bits per heavy atom. The molecule has 2 aromatic carbocycles. The lowest BCUT2D eigenvalue weighted by Crippen LogP contribution is -2.48. The summed E-state index contributed by atoms with van der Waals surface area (Å²) < 4.78 is 5.42. The number of carbonyl (C=O) groups is 2. The van der Waals surface area contributed by atoms with Crippen molar-refractivity contribution in [3.63, 3.8) is 0 Å². The molecular weight excluding hydrogens is 438 g/mol. The van der Waals surface area contributed by atoms with Crippen LogP contribution in [0.25, 0.3) is 10.9 Å². The van der Waals surface area contributed by atoms with E-state index in [0.717, 1.165) is 41.5 Å². The zero-order chi connectivity index (χ0) is 24.9. The lowest BCUT2D eigenvalue weighted by Gasteiger charge is -2.40. The van der Waals surface area contributed by atoms with Crippen LogP contribution in [0.15, 0.2) is 54.6 Å². The molecule has 1 fully saturated rings. The zero-order valence-corrected chi connectivity index (χ0v) is 21.3. The SMILES string of the molecule is COc1cccc(CC(C2CCN(C(=O)c3cc4ccccc4[nH]3)CC2)N(C)C(=O)CC(C)C)c1. The number of para-hydroxylation sites is 1. The van der Waals surface area contributed by atoms with Gasteiger partial charge in [0, 0.05) is 43.5 Å². The molecule has 1 aliphatic heterocycles. The van der Waals surface area contributed by atoms with Gasteiger partial charge in [0.25, 0.3) is 5.91 Å². The maximum Gasteiger partial charge on any atom is 0.270 e. The van der Waals surface area contributed by atoms with Gasteiger partial charge in [0.1, 0.15) is 11.4 Å². The van der Waals surface area contributed by atoms with Crippen molar-refractivity contribution in [2.45, 2.75) is 45.6 Å². The monoisotopic (exact) mass is 475 g/mol. The molecule has 4 rings (SSSR count). The fourth-order valence-electron chi connectivity index (χ4n) is 5.19. The van der Waals surface area contributed by atoms with Crippen molar-refractivity contribution >= 4 is 22.7 Å². The second kappa shape index (κ2) is 11.0. The van der Waals surface area contributed by atoms with Gasteiger partial charge in [-0.2, -0.15) is 0 Å². The van der Waals surface area contributed by atoms with Crippen LogP contribution in [-0.4, -0.2) is 59.9 Å². The van der Waals surface area contributed by atoms with Gasteiger partial charge < -0.3 is 19.5 Å². The van der Waals surface area contributed by atoms with Crippen molar-refractivity contribution in [2.24, 2.45) is 11.8 Å². The number of benzene rings is 2. The van der Waals surface area contributed by atoms with E-state index in [1.54, 1.807) is 7.11 Å². The van der Waals surface area contributed by atoms with E-state index in [0.29, 0.717) is 37.0 Å². The molecule has 2 amide bonds. The Hall–Kier alpha value is -3.28. The van der Waals surface area contributed by atoms with E-state index in [2.05, 4.69) is 31.0 Å². The minimum atomic E-state index is 0.0493. The van der Waals surface area contributed by atoms with Gasteiger partial charge in [-0.15, -0.1) is 0 Å². The molecule has 186 valence electrons. The Morgan fingerprint density at radius 1 is 1.09 bits per heavy atom. The molecule has 1 aliphatic rings. The molecule has 1 aromatic heterocycles. The van der Waals surface area contributed by atoms with E-state index in [-0.39, 0.29) is 17.9 Å². The van der Waals surface area contributed by atoms with E-state index in [1.807, 2.05) is 59.3 Å². The van der Waals surface area contributed by atoms with Gasteiger partial charge in [-0.1, -0.05) is 44.2 Å². The molecule has 0 aliphatic carbocycles. The van der Waals surface area contributed by atoms with Gasteiger partial charge in [-0.3, -0.25) is 9.59 Å². The summed E-state index contributed by atoms with van der Waals surface area (Å²) in [5, 5.41) is 1.05. The molecule has 35 heavy (non-hydrogen) atoms. The molecule has 6 heteroatoms. The summed E-state index contributed by atoms with van der Waals surface area (Å²) >= 11 is 0. The number of carbonyl (C=O) groups excluding carboxylic acids is 2. The van der Waals surface area contributed by atoms with Gasteiger partial charge in [0.15, 0.2) is 0 Å². The Labute approximate surface area is 208 Å². The third-order valence-electron chi connectivity index (χ3n) is 7.18. The molecule has 0 radical (unpaired) electrons. The van der Waals surface area contributed by atoms with E-state index in [9.17, 15) is 9.59 Å². The summed E-state index contributed by atoms with van der Waals surface area (Å²) in [6, 6.07) is 18.1. The summed E-state index contributed by atoms with van der Waals surface area (Å²) in [4.78, 5) is 33.4. The van der Waals surface area contributed by atoms with E-state index in [4.69, 9.17) is 4.74 Å². The predicted molar refractivity (Wildman–Crippen MR) is 140 cm³/mol. The first-order valence-corrected chi connectivity index (χ1v) is 12.6. The number of hydrogen-bond acceptors (Lipinski definition) is 3. The molecule has 0 bridgehead atoms. The minimum Gasteiger partial charge on any atom is -0.497 e. The second-order valence-corrected chi connectivity index (χ2v) is 10.1. The van der Waals surface area contributed by atoms with Crippen LogP contribution < -0.4 is 4.74 Å². The van der Waals surface area contributed by atoms with Crippen molar-refractivity contribution < 1.29 is 14.3 Å². The van der Waals surface area contributed by atoms with Crippen molar-refractivity contribution in [1.29, 1.82) is 0 Å². The molecule has 3 aromatic rings. The number of fused-ring (bicyclic) bond motifs is 1. The quantitative estimate of drug-likeness (QED) is 0.490. The highest BCUT2D eigenvalue weighted by Crippen LogP contribution is 2.29. The van der Waals surface area contributed by atoms with Crippen LogP contribution in [0.2, 0.25) is 0 Å². The number of hydrogen-bond donors (Lipinski definition) is 1. The average Bonchev–Trinajstić information content (AvgIpc) is 3.31. The topological polar surface area (TPSA) is 65.6 Å². The van der Waals surface area contributed by atoms with Gasteiger partial charge >= 0.3 is 0 Å². The highest BCUT2D eigenvalue weighted by molar-refractivity contribution is 5.98. The van der Waals surface area contributed by atoms with E-state index in [1.165, 1.54) is 0 Å². The van der Waals surface area contributed by atoms with E-state index >= 15 is 0 Å². The summed E-state index contributed by atoms with van der Waals surface area (Å²) in [6.07, 6.45) is 3.07. The van der Waals surface area contributed by atoms with Crippen LogP contribution in [0.3, 0.4) is 0 Å². The summed E-state index contributed by atoms with van der Waals surface area (Å²) in [6.45, 7) is 5.55. The van der Waals surface area contributed by atoms with Crippen molar-refractivity contribution in [3.8, 4) is 5.75 Å². The fraction of sp³-hybridized carbons (Fsp3) is 0.448. The molecule has 0 spiro atoms. The highest BCUT2D eigenvalue weighted by Gasteiger charge is 2.33. The molecule has 0 saturated carbocycles. The van der Waals surface area contributed by atoms with Gasteiger partial charge in [0.2, 0.25) is 5.91 Å². The third kappa shape index (κ3) is 5.87. The number of aromatic amines is 1. The summed E-state index contributed by atoms with van der Waals surface area (Å²) in [7, 11) is 3.62. The van der Waals surface area contributed by atoms with Crippen LogP contribution in [0.4, 0.5) is 0 Å². The number of rotatable bonds is 8. The normalized spacial score (nSPS) is 15.4. The molecule has 1 unspecified atom stereocenters. The van der Waals surface area contributed by atoms with Gasteiger partial charge in [0.05, 0.1) is 7.11 Å². The first-order valence-electron chi connectivity index (χ1n) is 12.6. The van der Waals surface area contributed by atoms with Crippen molar-refractivity contribution in [2.75, 3.05) is 27.2 Å². The van der Waals surface area contributed by atoms with Crippen LogP contribution in [0.1, 0.15) is 49.2 Å². The van der Waals surface area contributed by atoms with Crippen LogP contribution in [0.5, 0.6) is 5.75 Å². The standard InChI is InChI=1S/C29H37N3O3/c1-20(2)16-28(33)31(3)27(18-21-8-7-10-24(17-21)35-4)22-12-14-32(15-13-22)29(34)26-19-23-9-5-6-11-25(23)30-26/h5-11,17,19-20,22,27,30H,12-16,18H2,1-4H3. The number of amides is 2. The number of nitrogens with one attached hydrogen (secondary N) is 1. The minimum absolute atomic E-state index is 0.0493. The van der Waals surface area contributed by atoms with Crippen LogP contribution in [-0.2, 0) is 11.2 Å². The average molecular weight is 476 g/mol. The molecule has 1 atom stereocenters. The van der Waals surface area contributed by atoms with Crippen molar-refractivity contribution in [1.82, 2.24) is 14.8 Å². The molecule has 1 saturated heterocycles. The maximum atomic E-state index is 13.2. The zero-order valence-electron chi connectivity index (χ0n) is 21.3. The lowest BCUT2D eigenvalue weighted by atomic mass is 9.84. The van der Waals surface area contributed by atoms with Crippen molar-refractivity contribution in [3.05, 3.63) is 65.9 Å². The van der Waals surface area contributed by atoms with Gasteiger partial charge in [-0.25, -0.2) is 0 Å². The number of H-pyrrole nitrogens is 1. The predicted octanol–water partition coefficient (Wildman–Crippen LogP) is 5.14. The summed E-state index contributed by atoms with van der Waals surface area (Å²) in [5.41, 5.74) is 2.78. The highest BCUT2D eigenvalue weighted by atomic mass is 16.5. The number of aromatic nitrogens is 1. The second-order valence-electron chi connectivity index (χ2n) is 10.1. The fourth-order valence-corrected chi connectivity index (χ4v) is 5.19. The number of ether oxygens (including phenoxy) is 1. The molecule has 1 N–H and O–H groups in total. The van der Waals surface area contributed by atoms with Crippen LogP contribution >= 0.6 is 0 Å². The number of piperidine rings is 1.